The zero-order valence-electron chi connectivity index (χ0n) is 19.3. The first-order valence-electron chi connectivity index (χ1n) is 11.0. The van der Waals surface area contributed by atoms with Gasteiger partial charge in [-0.3, -0.25) is 4.79 Å². The van der Waals surface area contributed by atoms with E-state index in [0.29, 0.717) is 43.4 Å². The molecule has 1 amide bonds. The lowest BCUT2D eigenvalue weighted by Crippen LogP contribution is -2.54. The topological polar surface area (TPSA) is 120 Å². The van der Waals surface area contributed by atoms with Crippen molar-refractivity contribution in [1.29, 1.82) is 0 Å². The number of nitrogens with zero attached hydrogens (tertiary/aromatic N) is 7. The van der Waals surface area contributed by atoms with Gasteiger partial charge in [0.2, 0.25) is 5.91 Å². The predicted octanol–water partition coefficient (Wildman–Crippen LogP) is 1.99. The lowest BCUT2D eigenvalue weighted by molar-refractivity contribution is -0.125. The van der Waals surface area contributed by atoms with Crippen molar-refractivity contribution in [3.05, 3.63) is 54.3 Å². The van der Waals surface area contributed by atoms with Crippen LogP contribution in [0, 0.1) is 5.92 Å². The number of nitrogens with one attached hydrogen (secondary N) is 1. The van der Waals surface area contributed by atoms with Gasteiger partial charge in [-0.05, 0) is 18.2 Å². The maximum Gasteiger partial charge on any atom is 0.226 e. The molecule has 1 fully saturated rings. The summed E-state index contributed by atoms with van der Waals surface area (Å²) in [5, 5.41) is 10.0. The molecule has 0 unspecified atom stereocenters. The molecule has 1 N–H and O–H groups in total. The molecule has 1 aliphatic heterocycles. The highest BCUT2D eigenvalue weighted by Gasteiger charge is 2.33. The van der Waals surface area contributed by atoms with Crippen molar-refractivity contribution in [2.75, 3.05) is 38.8 Å². The van der Waals surface area contributed by atoms with E-state index < -0.39 is 0 Å². The van der Waals surface area contributed by atoms with Crippen LogP contribution < -0.4 is 19.7 Å². The minimum atomic E-state index is -0.0717. The van der Waals surface area contributed by atoms with Gasteiger partial charge >= 0.3 is 0 Å². The molecule has 1 aliphatic rings. The zero-order chi connectivity index (χ0) is 24.2. The molecule has 0 aliphatic carbocycles. The molecule has 11 nitrogen and oxygen atoms in total. The molecule has 0 radical (unpaired) electrons. The number of amides is 1. The smallest absolute Gasteiger partial charge is 0.226 e. The van der Waals surface area contributed by atoms with E-state index in [1.54, 1.807) is 36.6 Å². The third-order valence-electron chi connectivity index (χ3n) is 5.73. The Hall–Kier alpha value is -4.06. The first kappa shape index (κ1) is 22.7. The van der Waals surface area contributed by atoms with Crippen LogP contribution in [0.2, 0.25) is 0 Å². The van der Waals surface area contributed by atoms with E-state index in [-0.39, 0.29) is 11.8 Å². The number of ether oxygens (including phenoxy) is 2. The van der Waals surface area contributed by atoms with Gasteiger partial charge in [0.25, 0.3) is 0 Å². The van der Waals surface area contributed by atoms with Crippen molar-refractivity contribution in [2.45, 2.75) is 6.42 Å². The molecule has 3 aromatic heterocycles. The first-order chi connectivity index (χ1) is 17.1. The molecular weight excluding hydrogens is 468 g/mol. The van der Waals surface area contributed by atoms with Crippen LogP contribution in [0.5, 0.6) is 11.5 Å². The van der Waals surface area contributed by atoms with E-state index in [4.69, 9.17) is 14.5 Å². The van der Waals surface area contributed by atoms with E-state index in [1.165, 1.54) is 12.7 Å². The summed E-state index contributed by atoms with van der Waals surface area (Å²) in [4.78, 5) is 31.8. The van der Waals surface area contributed by atoms with E-state index >= 15 is 0 Å². The van der Waals surface area contributed by atoms with E-state index in [9.17, 15) is 4.79 Å². The summed E-state index contributed by atoms with van der Waals surface area (Å²) in [6.45, 7) is 1.76. The molecule has 4 heterocycles. The average Bonchev–Trinajstić information content (AvgIpc) is 3.56. The van der Waals surface area contributed by atoms with Gasteiger partial charge in [-0.1, -0.05) is 0 Å². The Balaban J connectivity index is 1.10. The van der Waals surface area contributed by atoms with Gasteiger partial charge in [0.15, 0.2) is 17.3 Å². The highest BCUT2D eigenvalue weighted by Crippen LogP contribution is 2.33. The van der Waals surface area contributed by atoms with Gasteiger partial charge in [-0.15, -0.1) is 11.3 Å². The summed E-state index contributed by atoms with van der Waals surface area (Å²) in [5.74, 6) is 2.72. The van der Waals surface area contributed by atoms with Gasteiger partial charge in [-0.25, -0.2) is 24.6 Å². The zero-order valence-corrected chi connectivity index (χ0v) is 20.1. The average molecular weight is 493 g/mol. The number of aromatic nitrogens is 6. The minimum absolute atomic E-state index is 0.0437. The molecular formula is C23H24N8O3S. The number of thiazole rings is 1. The summed E-state index contributed by atoms with van der Waals surface area (Å²) in [6, 6.07) is 7.58. The van der Waals surface area contributed by atoms with Crippen LogP contribution in [0.4, 0.5) is 5.82 Å². The number of benzene rings is 1. The number of carbonyl (C=O) groups excluding carboxylic acids is 1. The second kappa shape index (κ2) is 10.1. The van der Waals surface area contributed by atoms with E-state index in [2.05, 4.69) is 25.4 Å². The van der Waals surface area contributed by atoms with E-state index in [0.717, 1.165) is 22.1 Å². The molecule has 5 rings (SSSR count). The number of anilines is 1. The molecule has 12 heteroatoms. The lowest BCUT2D eigenvalue weighted by atomic mass is 9.99. The molecule has 4 aromatic rings. The largest absolute Gasteiger partial charge is 0.493 e. The number of rotatable bonds is 9. The van der Waals surface area contributed by atoms with Gasteiger partial charge in [0.1, 0.15) is 29.8 Å². The fourth-order valence-electron chi connectivity index (χ4n) is 3.78. The van der Waals surface area contributed by atoms with Crippen molar-refractivity contribution in [1.82, 2.24) is 35.0 Å². The second-order valence-electron chi connectivity index (χ2n) is 7.93. The van der Waals surface area contributed by atoms with Crippen molar-refractivity contribution in [2.24, 2.45) is 5.92 Å². The Labute approximate surface area is 205 Å². The van der Waals surface area contributed by atoms with Crippen LogP contribution in [0.1, 0.15) is 5.69 Å². The molecule has 35 heavy (non-hydrogen) atoms. The van der Waals surface area contributed by atoms with Crippen molar-refractivity contribution < 1.29 is 14.3 Å². The fourth-order valence-corrected chi connectivity index (χ4v) is 4.63. The predicted molar refractivity (Wildman–Crippen MR) is 130 cm³/mol. The molecule has 180 valence electrons. The Bertz CT molecular complexity index is 1300. The second-order valence-corrected chi connectivity index (χ2v) is 8.79. The molecule has 1 saturated heterocycles. The Morgan fingerprint density at radius 2 is 1.94 bits per heavy atom. The van der Waals surface area contributed by atoms with Crippen LogP contribution >= 0.6 is 11.3 Å². The molecule has 0 atom stereocenters. The van der Waals surface area contributed by atoms with Crippen LogP contribution in [0.3, 0.4) is 0 Å². The first-order valence-corrected chi connectivity index (χ1v) is 11.9. The Morgan fingerprint density at radius 1 is 1.11 bits per heavy atom. The maximum absolute atomic E-state index is 12.6. The standard InChI is InChI=1S/C23H24N8O3S/c1-33-18-4-3-15(7-19(18)34-2)23-29-17(11-35-23)5-6-25-22(32)16-9-30(10-16)20-8-21(27-13-26-20)31-14-24-12-28-31/h3-4,7-8,11-14,16H,5-6,9-10H2,1-2H3,(H,25,32). The Kier molecular flexibility index (Phi) is 6.53. The van der Waals surface area contributed by atoms with Gasteiger partial charge in [-0.2, -0.15) is 5.10 Å². The molecule has 0 spiro atoms. The highest BCUT2D eigenvalue weighted by atomic mass is 32.1. The van der Waals surface area contributed by atoms with E-state index in [1.807, 2.05) is 34.5 Å². The van der Waals surface area contributed by atoms with Crippen LogP contribution in [-0.2, 0) is 11.2 Å². The summed E-state index contributed by atoms with van der Waals surface area (Å²) in [6.07, 6.45) is 5.19. The number of hydrogen-bond acceptors (Lipinski definition) is 10. The van der Waals surface area contributed by atoms with Gasteiger partial charge < -0.3 is 19.7 Å². The monoisotopic (exact) mass is 492 g/mol. The summed E-state index contributed by atoms with van der Waals surface area (Å²) < 4.78 is 12.3. The van der Waals surface area contributed by atoms with Crippen LogP contribution in [0.15, 0.2) is 48.6 Å². The van der Waals surface area contributed by atoms with Crippen LogP contribution in [0.25, 0.3) is 16.4 Å². The minimum Gasteiger partial charge on any atom is -0.493 e. The number of hydrogen-bond donors (Lipinski definition) is 1. The molecule has 0 bridgehead atoms. The quantitative estimate of drug-likeness (QED) is 0.374. The molecule has 1 aromatic carbocycles. The van der Waals surface area contributed by atoms with Crippen molar-refractivity contribution in [3.8, 4) is 27.9 Å². The third-order valence-corrected chi connectivity index (χ3v) is 6.67. The lowest BCUT2D eigenvalue weighted by Gasteiger charge is -2.39. The Morgan fingerprint density at radius 3 is 2.71 bits per heavy atom. The van der Waals surface area contributed by atoms with Crippen molar-refractivity contribution >= 4 is 23.1 Å². The van der Waals surface area contributed by atoms with Gasteiger partial charge in [0.05, 0.1) is 25.8 Å². The summed E-state index contributed by atoms with van der Waals surface area (Å²) in [7, 11) is 3.23. The van der Waals surface area contributed by atoms with Crippen molar-refractivity contribution in [3.63, 3.8) is 0 Å². The fraction of sp³-hybridized carbons (Fsp3) is 0.304. The highest BCUT2D eigenvalue weighted by molar-refractivity contribution is 7.13. The number of carbonyl (C=O) groups is 1. The number of methoxy groups -OCH3 is 2. The normalized spacial score (nSPS) is 13.4. The molecule has 0 saturated carbocycles. The maximum atomic E-state index is 12.6. The van der Waals surface area contributed by atoms with Gasteiger partial charge in [0, 0.05) is 43.1 Å². The SMILES string of the molecule is COc1ccc(-c2nc(CCNC(=O)C3CN(c4cc(-n5cncn5)ncn4)C3)cs2)cc1OC. The summed E-state index contributed by atoms with van der Waals surface area (Å²) in [5.41, 5.74) is 1.91. The van der Waals surface area contributed by atoms with Crippen LogP contribution in [-0.4, -0.2) is 69.5 Å². The summed E-state index contributed by atoms with van der Waals surface area (Å²) >= 11 is 1.57. The third kappa shape index (κ3) is 4.92.